The zero-order chi connectivity index (χ0) is 24.4. The Morgan fingerprint density at radius 2 is 2.09 bits per heavy atom. The van der Waals surface area contributed by atoms with Crippen LogP contribution < -0.4 is 9.47 Å². The van der Waals surface area contributed by atoms with Gasteiger partial charge in [0.1, 0.15) is 17.5 Å². The molecule has 0 amide bonds. The summed E-state index contributed by atoms with van der Waals surface area (Å²) >= 11 is 0. The third kappa shape index (κ3) is 4.70. The molecule has 0 saturated heterocycles. The molecule has 3 atom stereocenters. The molecule has 2 aromatic heterocycles. The number of carboxylic acids is 1. The normalized spacial score (nSPS) is 16.8. The van der Waals surface area contributed by atoms with E-state index in [0.29, 0.717) is 47.3 Å². The van der Waals surface area contributed by atoms with Crippen molar-refractivity contribution in [2.24, 2.45) is 5.92 Å². The van der Waals surface area contributed by atoms with Gasteiger partial charge in [-0.15, -0.1) is 0 Å². The summed E-state index contributed by atoms with van der Waals surface area (Å²) in [4.78, 5) is 24.2. The summed E-state index contributed by atoms with van der Waals surface area (Å²) in [5.74, 6) is -1.65. The zero-order valence-electron chi connectivity index (χ0n) is 19.2. The average Bonchev–Trinajstić information content (AvgIpc) is 2.83. The first kappa shape index (κ1) is 23.6. The number of ether oxygens (including phenoxy) is 2. The van der Waals surface area contributed by atoms with E-state index in [2.05, 4.69) is 15.0 Å². The van der Waals surface area contributed by atoms with E-state index >= 15 is 0 Å². The summed E-state index contributed by atoms with van der Waals surface area (Å²) in [6.07, 6.45) is 2.48. The fourth-order valence-corrected chi connectivity index (χ4v) is 3.97. The van der Waals surface area contributed by atoms with Crippen molar-refractivity contribution in [1.82, 2.24) is 15.0 Å². The van der Waals surface area contributed by atoms with E-state index in [-0.39, 0.29) is 11.7 Å². The highest BCUT2D eigenvalue weighted by Gasteiger charge is 2.28. The van der Waals surface area contributed by atoms with Crippen LogP contribution in [0, 0.1) is 18.7 Å². The Morgan fingerprint density at radius 3 is 2.79 bits per heavy atom. The Labute approximate surface area is 196 Å². The average molecular weight is 467 g/mol. The van der Waals surface area contributed by atoms with Gasteiger partial charge in [0.25, 0.3) is 0 Å². The lowest BCUT2D eigenvalue weighted by molar-refractivity contribution is -0.145. The minimum atomic E-state index is -1.15. The number of aliphatic carboxylic acids is 1. The second kappa shape index (κ2) is 9.72. The number of aliphatic hydroxyl groups excluding tert-OH is 1. The number of benzene rings is 1. The zero-order valence-corrected chi connectivity index (χ0v) is 19.2. The number of hydrogen-bond acceptors (Lipinski definition) is 7. The number of aromatic nitrogens is 3. The van der Waals surface area contributed by atoms with Gasteiger partial charge in [-0.1, -0.05) is 12.1 Å². The Bertz CT molecular complexity index is 1220. The number of hydrogen-bond donors (Lipinski definition) is 2. The molecule has 1 aromatic carbocycles. The summed E-state index contributed by atoms with van der Waals surface area (Å²) in [5, 5.41) is 19.6. The number of fused-ring (bicyclic) bond motifs is 1. The molecular formula is C25H26FN3O5. The molecule has 0 saturated carbocycles. The molecule has 0 aliphatic carbocycles. The number of aryl methyl sites for hydroxylation is 2. The van der Waals surface area contributed by atoms with Crippen LogP contribution in [0.15, 0.2) is 36.7 Å². The number of halogens is 1. The minimum absolute atomic E-state index is 0.252. The summed E-state index contributed by atoms with van der Waals surface area (Å²) in [7, 11) is 0. The van der Waals surface area contributed by atoms with Crippen LogP contribution in [0.3, 0.4) is 0 Å². The van der Waals surface area contributed by atoms with Gasteiger partial charge < -0.3 is 19.7 Å². The molecule has 1 aliphatic heterocycles. The first-order valence-electron chi connectivity index (χ1n) is 11.1. The van der Waals surface area contributed by atoms with Crippen molar-refractivity contribution in [1.29, 1.82) is 0 Å². The molecule has 0 radical (unpaired) electrons. The number of carboxylic acid groups (broad SMARTS) is 1. The van der Waals surface area contributed by atoms with Crippen molar-refractivity contribution in [2.75, 3.05) is 6.61 Å². The summed E-state index contributed by atoms with van der Waals surface area (Å²) in [5.41, 5.74) is 3.31. The van der Waals surface area contributed by atoms with Crippen molar-refractivity contribution < 1.29 is 28.9 Å². The predicted molar refractivity (Wildman–Crippen MR) is 121 cm³/mol. The number of carbonyl (C=O) groups is 1. The molecule has 1 unspecified atom stereocenters. The second-order valence-corrected chi connectivity index (χ2v) is 8.25. The van der Waals surface area contributed by atoms with Crippen LogP contribution in [0.25, 0.3) is 11.3 Å². The van der Waals surface area contributed by atoms with E-state index in [9.17, 15) is 19.4 Å². The topological polar surface area (TPSA) is 115 Å². The molecule has 0 spiro atoms. The molecule has 9 heteroatoms. The minimum Gasteiger partial charge on any atom is -0.484 e. The molecule has 178 valence electrons. The molecule has 0 fully saturated rings. The fourth-order valence-electron chi connectivity index (χ4n) is 3.97. The maximum atomic E-state index is 14.4. The van der Waals surface area contributed by atoms with Crippen LogP contribution in [0.4, 0.5) is 4.39 Å². The highest BCUT2D eigenvalue weighted by molar-refractivity contribution is 5.70. The van der Waals surface area contributed by atoms with Crippen molar-refractivity contribution in [3.8, 4) is 22.9 Å². The smallest absolute Gasteiger partial charge is 0.309 e. The van der Waals surface area contributed by atoms with Gasteiger partial charge in [0.15, 0.2) is 5.82 Å². The molecule has 2 N–H and O–H groups in total. The van der Waals surface area contributed by atoms with Crippen molar-refractivity contribution >= 4 is 5.97 Å². The summed E-state index contributed by atoms with van der Waals surface area (Å²) in [6, 6.07) is 6.76. The van der Waals surface area contributed by atoms with Crippen molar-refractivity contribution in [3.05, 3.63) is 65.0 Å². The van der Waals surface area contributed by atoms with Crippen LogP contribution in [-0.2, 0) is 11.2 Å². The van der Waals surface area contributed by atoms with Crippen LogP contribution in [-0.4, -0.2) is 37.7 Å². The van der Waals surface area contributed by atoms with Crippen LogP contribution in [0.1, 0.15) is 55.0 Å². The van der Waals surface area contributed by atoms with Crippen LogP contribution >= 0.6 is 0 Å². The van der Waals surface area contributed by atoms with E-state index in [1.807, 2.05) is 13.0 Å². The van der Waals surface area contributed by atoms with Gasteiger partial charge >= 0.3 is 5.97 Å². The van der Waals surface area contributed by atoms with Gasteiger partial charge in [0.05, 0.1) is 42.4 Å². The molecule has 4 rings (SSSR count). The molecule has 3 aromatic rings. The third-order valence-electron chi connectivity index (χ3n) is 5.93. The van der Waals surface area contributed by atoms with Gasteiger partial charge in [-0.3, -0.25) is 9.78 Å². The van der Waals surface area contributed by atoms with Crippen molar-refractivity contribution in [3.63, 3.8) is 0 Å². The molecular weight excluding hydrogens is 441 g/mol. The first-order chi connectivity index (χ1) is 16.3. The molecule has 1 aliphatic rings. The third-order valence-corrected chi connectivity index (χ3v) is 5.93. The van der Waals surface area contributed by atoms with E-state index in [1.165, 1.54) is 19.2 Å². The SMILES string of the molecule is CCOc1cc(-c2cnc(C3CCc4ccc([C@H](O)[C@H](C)C(=O)O)cc4O3)c(C)n2)c(F)cn1. The summed E-state index contributed by atoms with van der Waals surface area (Å²) in [6.45, 7) is 5.49. The molecule has 3 heterocycles. The molecule has 8 nitrogen and oxygen atoms in total. The van der Waals surface area contributed by atoms with Crippen LogP contribution in [0.2, 0.25) is 0 Å². The van der Waals surface area contributed by atoms with E-state index in [4.69, 9.17) is 9.47 Å². The Kier molecular flexibility index (Phi) is 6.74. The molecule has 0 bridgehead atoms. The molecule has 34 heavy (non-hydrogen) atoms. The van der Waals surface area contributed by atoms with E-state index in [0.717, 1.165) is 18.2 Å². The van der Waals surface area contributed by atoms with Crippen LogP contribution in [0.5, 0.6) is 11.6 Å². The standard InChI is InChI=1S/C25H26FN3O5/c1-4-33-22-10-17(18(26)11-27-22)19-12-28-23(14(3)29-19)20-8-7-15-5-6-16(9-21(15)34-20)24(30)13(2)25(31)32/h5-6,9-13,20,24,30H,4,7-8H2,1-3H3,(H,31,32)/t13-,20?,24+/m0/s1. The lowest BCUT2D eigenvalue weighted by Gasteiger charge is -2.27. The number of rotatable bonds is 7. The summed E-state index contributed by atoms with van der Waals surface area (Å²) < 4.78 is 25.9. The Hall–Kier alpha value is -3.59. The number of nitrogens with zero attached hydrogens (tertiary/aromatic N) is 3. The Morgan fingerprint density at radius 1 is 1.29 bits per heavy atom. The van der Waals surface area contributed by atoms with Gasteiger partial charge in [0, 0.05) is 11.6 Å². The predicted octanol–water partition coefficient (Wildman–Crippen LogP) is 4.21. The van der Waals surface area contributed by atoms with Crippen molar-refractivity contribution in [2.45, 2.75) is 45.8 Å². The number of pyridine rings is 1. The fraction of sp³-hybridized carbons (Fsp3) is 0.360. The highest BCUT2D eigenvalue weighted by Crippen LogP contribution is 2.38. The number of aliphatic hydroxyl groups is 1. The van der Waals surface area contributed by atoms with Gasteiger partial charge in [-0.2, -0.15) is 0 Å². The second-order valence-electron chi connectivity index (χ2n) is 8.25. The largest absolute Gasteiger partial charge is 0.484 e. The first-order valence-corrected chi connectivity index (χ1v) is 11.1. The maximum Gasteiger partial charge on any atom is 0.309 e. The van der Waals surface area contributed by atoms with E-state index < -0.39 is 23.8 Å². The lowest BCUT2D eigenvalue weighted by Crippen LogP contribution is -2.20. The monoisotopic (exact) mass is 467 g/mol. The lowest BCUT2D eigenvalue weighted by atomic mass is 9.93. The Balaban J connectivity index is 1.59. The van der Waals surface area contributed by atoms with Gasteiger partial charge in [0.2, 0.25) is 5.88 Å². The van der Waals surface area contributed by atoms with Gasteiger partial charge in [-0.05, 0) is 50.8 Å². The van der Waals surface area contributed by atoms with E-state index in [1.54, 1.807) is 19.1 Å². The quantitative estimate of drug-likeness (QED) is 0.531. The highest BCUT2D eigenvalue weighted by atomic mass is 19.1. The maximum absolute atomic E-state index is 14.4. The van der Waals surface area contributed by atoms with Gasteiger partial charge in [-0.25, -0.2) is 14.4 Å².